The zero-order chi connectivity index (χ0) is 21.3. The maximum Gasteiger partial charge on any atom is 0.407 e. The minimum absolute atomic E-state index is 0.0699. The van der Waals surface area contributed by atoms with Gasteiger partial charge in [0.15, 0.2) is 5.82 Å². The number of hydrogen-bond donors (Lipinski definition) is 2. The summed E-state index contributed by atoms with van der Waals surface area (Å²) in [6.45, 7) is 2.65. The van der Waals surface area contributed by atoms with Crippen LogP contribution in [0.3, 0.4) is 0 Å². The second-order valence-corrected chi connectivity index (χ2v) is 7.55. The van der Waals surface area contributed by atoms with E-state index in [-0.39, 0.29) is 11.6 Å². The number of nitrogens with zero attached hydrogens (tertiary/aromatic N) is 3. The molecule has 1 unspecified atom stereocenters. The Morgan fingerprint density at radius 3 is 2.70 bits per heavy atom. The monoisotopic (exact) mass is 412 g/mol. The third kappa shape index (κ3) is 3.90. The van der Waals surface area contributed by atoms with Gasteiger partial charge in [0.25, 0.3) is 6.43 Å². The van der Waals surface area contributed by atoms with Crippen molar-refractivity contribution < 1.29 is 18.7 Å². The Hall–Kier alpha value is -3.29. The quantitative estimate of drug-likeness (QED) is 0.624. The molecule has 1 saturated heterocycles. The van der Waals surface area contributed by atoms with Crippen LogP contribution in [0.2, 0.25) is 0 Å². The smallest absolute Gasteiger partial charge is 0.407 e. The lowest BCUT2D eigenvalue weighted by Crippen LogP contribution is -2.44. The van der Waals surface area contributed by atoms with Crippen molar-refractivity contribution in [3.8, 4) is 11.3 Å². The highest BCUT2D eigenvalue weighted by molar-refractivity contribution is 6.00. The number of halogens is 2. The van der Waals surface area contributed by atoms with E-state index in [2.05, 4.69) is 15.5 Å². The first-order valence-corrected chi connectivity index (χ1v) is 9.83. The van der Waals surface area contributed by atoms with Crippen LogP contribution in [0.5, 0.6) is 0 Å². The molecule has 0 spiro atoms. The lowest BCUT2D eigenvalue weighted by atomic mass is 9.98. The van der Waals surface area contributed by atoms with E-state index in [4.69, 9.17) is 0 Å². The summed E-state index contributed by atoms with van der Waals surface area (Å²) in [4.78, 5) is 12.7. The first kappa shape index (κ1) is 20.0. The molecule has 0 saturated carbocycles. The molecule has 0 bridgehead atoms. The molecule has 1 amide bonds. The predicted octanol–water partition coefficient (Wildman–Crippen LogP) is 5.10. The number of carbonyl (C=O) groups is 1. The van der Waals surface area contributed by atoms with Gasteiger partial charge in [0, 0.05) is 41.0 Å². The van der Waals surface area contributed by atoms with Crippen molar-refractivity contribution in [1.82, 2.24) is 15.1 Å². The third-order valence-corrected chi connectivity index (χ3v) is 5.42. The van der Waals surface area contributed by atoms with Gasteiger partial charge in [-0.3, -0.25) is 0 Å². The van der Waals surface area contributed by atoms with Gasteiger partial charge in [-0.15, -0.1) is 10.2 Å². The fourth-order valence-electron chi connectivity index (χ4n) is 3.95. The largest absolute Gasteiger partial charge is 0.465 e. The van der Waals surface area contributed by atoms with Crippen LogP contribution < -0.4 is 5.32 Å². The van der Waals surface area contributed by atoms with Crippen molar-refractivity contribution >= 4 is 22.7 Å². The second-order valence-electron chi connectivity index (χ2n) is 7.55. The maximum atomic E-state index is 13.7. The van der Waals surface area contributed by atoms with Crippen LogP contribution in [0, 0.1) is 6.92 Å². The summed E-state index contributed by atoms with van der Waals surface area (Å²) < 4.78 is 27.3. The minimum atomic E-state index is -2.62. The molecule has 1 atom stereocenters. The molecule has 1 aliphatic rings. The predicted molar refractivity (Wildman–Crippen MR) is 111 cm³/mol. The molecule has 2 aromatic carbocycles. The number of likely N-dealkylation sites (tertiary alicyclic amines) is 1. The summed E-state index contributed by atoms with van der Waals surface area (Å²) in [5.74, 6) is 0.525. The molecule has 1 aliphatic heterocycles. The lowest BCUT2D eigenvalue weighted by Gasteiger charge is -2.31. The molecule has 2 heterocycles. The number of fused-ring (bicyclic) bond motifs is 1. The Kier molecular flexibility index (Phi) is 5.48. The van der Waals surface area contributed by atoms with Gasteiger partial charge in [0.2, 0.25) is 0 Å². The fourth-order valence-corrected chi connectivity index (χ4v) is 3.95. The van der Waals surface area contributed by atoms with Gasteiger partial charge in [0.1, 0.15) is 5.69 Å². The molecular formula is C22H22F2N4O2. The van der Waals surface area contributed by atoms with E-state index in [0.717, 1.165) is 23.8 Å². The van der Waals surface area contributed by atoms with Crippen LogP contribution in [0.25, 0.3) is 22.0 Å². The summed E-state index contributed by atoms with van der Waals surface area (Å²) in [6, 6.07) is 12.2. The van der Waals surface area contributed by atoms with Crippen LogP contribution in [0.1, 0.15) is 30.4 Å². The van der Waals surface area contributed by atoms with Gasteiger partial charge in [-0.2, -0.15) is 0 Å². The van der Waals surface area contributed by atoms with E-state index >= 15 is 0 Å². The Balaban J connectivity index is 1.74. The van der Waals surface area contributed by atoms with E-state index in [1.807, 2.05) is 24.3 Å². The van der Waals surface area contributed by atoms with Gasteiger partial charge in [-0.05, 0) is 25.8 Å². The Morgan fingerprint density at radius 1 is 1.20 bits per heavy atom. The van der Waals surface area contributed by atoms with Gasteiger partial charge in [-0.25, -0.2) is 13.6 Å². The number of benzene rings is 2. The number of carboxylic acid groups (broad SMARTS) is 1. The number of aromatic nitrogens is 2. The number of anilines is 1. The Morgan fingerprint density at radius 2 is 1.97 bits per heavy atom. The van der Waals surface area contributed by atoms with E-state index < -0.39 is 12.5 Å². The topological polar surface area (TPSA) is 78.4 Å². The molecule has 0 aliphatic carbocycles. The number of aryl methyl sites for hydroxylation is 1. The zero-order valence-corrected chi connectivity index (χ0v) is 16.5. The molecule has 1 fully saturated rings. The number of amides is 1. The van der Waals surface area contributed by atoms with Crippen LogP contribution in [-0.2, 0) is 0 Å². The highest BCUT2D eigenvalue weighted by atomic mass is 19.3. The van der Waals surface area contributed by atoms with Crippen molar-refractivity contribution in [2.75, 3.05) is 18.4 Å². The molecule has 0 radical (unpaired) electrons. The number of piperidine rings is 1. The summed E-state index contributed by atoms with van der Waals surface area (Å²) in [6.07, 6.45) is -1.99. The van der Waals surface area contributed by atoms with Crippen molar-refractivity contribution in [3.05, 3.63) is 53.6 Å². The first-order chi connectivity index (χ1) is 14.4. The van der Waals surface area contributed by atoms with E-state index in [0.29, 0.717) is 35.6 Å². The molecule has 4 rings (SSSR count). The standard InChI is InChI=1S/C22H22F2N4O2/c1-13-8-9-16(18(11-13)20(23)24)19-15-6-2-3-7-17(15)21(27-26-19)25-14-5-4-10-28(12-14)22(29)30/h2-3,6-9,11,14,20H,4-5,10,12H2,1H3,(H,25,27)(H,29,30). The Labute approximate surface area is 172 Å². The van der Waals surface area contributed by atoms with E-state index in [1.165, 1.54) is 11.0 Å². The molecule has 156 valence electrons. The van der Waals surface area contributed by atoms with Crippen LogP contribution >= 0.6 is 0 Å². The van der Waals surface area contributed by atoms with E-state index in [9.17, 15) is 18.7 Å². The average Bonchev–Trinajstić information content (AvgIpc) is 2.74. The summed E-state index contributed by atoms with van der Waals surface area (Å²) >= 11 is 0. The van der Waals surface area contributed by atoms with E-state index in [1.54, 1.807) is 19.1 Å². The molecule has 30 heavy (non-hydrogen) atoms. The highest BCUT2D eigenvalue weighted by Gasteiger charge is 2.25. The first-order valence-electron chi connectivity index (χ1n) is 9.83. The van der Waals surface area contributed by atoms with Gasteiger partial charge in [0.05, 0.1) is 0 Å². The summed E-state index contributed by atoms with van der Waals surface area (Å²) in [5, 5.41) is 22.6. The molecule has 3 aromatic rings. The summed E-state index contributed by atoms with van der Waals surface area (Å²) in [7, 11) is 0. The van der Waals surface area contributed by atoms with Crippen LogP contribution in [0.15, 0.2) is 42.5 Å². The highest BCUT2D eigenvalue weighted by Crippen LogP contribution is 2.36. The molecule has 1 aromatic heterocycles. The number of hydrogen-bond acceptors (Lipinski definition) is 4. The van der Waals surface area contributed by atoms with Gasteiger partial charge < -0.3 is 15.3 Å². The molecule has 2 N–H and O–H groups in total. The van der Waals surface area contributed by atoms with Crippen LogP contribution in [-0.4, -0.2) is 45.4 Å². The summed E-state index contributed by atoms with van der Waals surface area (Å²) in [5.41, 5.74) is 1.45. The second kappa shape index (κ2) is 8.22. The molecular weight excluding hydrogens is 390 g/mol. The number of alkyl halides is 2. The lowest BCUT2D eigenvalue weighted by molar-refractivity contribution is 0.132. The van der Waals surface area contributed by atoms with Crippen molar-refractivity contribution in [2.24, 2.45) is 0 Å². The maximum absolute atomic E-state index is 13.7. The Bertz CT molecular complexity index is 1090. The SMILES string of the molecule is Cc1ccc(-c2nnc(NC3CCCN(C(=O)O)C3)c3ccccc23)c(C(F)F)c1. The number of nitrogens with one attached hydrogen (secondary N) is 1. The minimum Gasteiger partial charge on any atom is -0.465 e. The number of rotatable bonds is 4. The average molecular weight is 412 g/mol. The molecule has 6 nitrogen and oxygen atoms in total. The van der Waals surface area contributed by atoms with Crippen molar-refractivity contribution in [1.29, 1.82) is 0 Å². The molecule has 8 heteroatoms. The van der Waals surface area contributed by atoms with Crippen molar-refractivity contribution in [2.45, 2.75) is 32.2 Å². The zero-order valence-electron chi connectivity index (χ0n) is 16.5. The fraction of sp³-hybridized carbons (Fsp3) is 0.318. The van der Waals surface area contributed by atoms with Crippen LogP contribution in [0.4, 0.5) is 19.4 Å². The normalized spacial score (nSPS) is 16.8. The van der Waals surface area contributed by atoms with Crippen molar-refractivity contribution in [3.63, 3.8) is 0 Å². The van der Waals surface area contributed by atoms with Gasteiger partial charge in [-0.1, -0.05) is 42.0 Å². The van der Waals surface area contributed by atoms with Gasteiger partial charge >= 0.3 is 6.09 Å². The third-order valence-electron chi connectivity index (χ3n) is 5.42.